The number of carbonyl (C=O) groups is 1. The average Bonchev–Trinajstić information content (AvgIpc) is 2.67. The first kappa shape index (κ1) is 12.8. The molecule has 1 heterocycles. The van der Waals surface area contributed by atoms with Gasteiger partial charge in [0.05, 0.1) is 23.9 Å². The Bertz CT molecular complexity index is 559. The van der Waals surface area contributed by atoms with Gasteiger partial charge in [0.1, 0.15) is 5.78 Å². The van der Waals surface area contributed by atoms with Crippen LogP contribution in [0.3, 0.4) is 0 Å². The van der Waals surface area contributed by atoms with Gasteiger partial charge in [-0.25, -0.2) is 4.98 Å². The van der Waals surface area contributed by atoms with Crippen molar-refractivity contribution >= 4 is 16.8 Å². The van der Waals surface area contributed by atoms with Crippen LogP contribution < -0.4 is 0 Å². The molecule has 96 valence electrons. The number of ketones is 1. The maximum Gasteiger partial charge on any atom is 0.143 e. The summed E-state index contributed by atoms with van der Waals surface area (Å²) in [5.74, 6) is 0.206. The SMILES string of the molecule is CC(=O)CN(C)CCc1ccc2c(c1)ncn2C. The van der Waals surface area contributed by atoms with Crippen molar-refractivity contribution in [3.63, 3.8) is 0 Å². The number of rotatable bonds is 5. The highest BCUT2D eigenvalue weighted by Gasteiger charge is 2.04. The predicted octanol–water partition coefficient (Wildman–Crippen LogP) is 1.64. The van der Waals surface area contributed by atoms with E-state index < -0.39 is 0 Å². The lowest BCUT2D eigenvalue weighted by Gasteiger charge is -2.14. The molecule has 2 aromatic rings. The largest absolute Gasteiger partial charge is 0.334 e. The molecule has 0 fully saturated rings. The summed E-state index contributed by atoms with van der Waals surface area (Å²) in [6.45, 7) is 3.03. The molecular formula is C14H19N3O. The summed E-state index contributed by atoms with van der Waals surface area (Å²) in [4.78, 5) is 17.4. The molecule has 0 aliphatic rings. The van der Waals surface area contributed by atoms with E-state index in [4.69, 9.17) is 0 Å². The summed E-state index contributed by atoms with van der Waals surface area (Å²) in [5.41, 5.74) is 3.44. The third-order valence-corrected chi connectivity index (χ3v) is 3.06. The van der Waals surface area contributed by atoms with Crippen molar-refractivity contribution in [1.29, 1.82) is 0 Å². The molecule has 4 nitrogen and oxygen atoms in total. The van der Waals surface area contributed by atoms with Gasteiger partial charge in [-0.15, -0.1) is 0 Å². The molecule has 1 aromatic carbocycles. The summed E-state index contributed by atoms with van der Waals surface area (Å²) in [7, 11) is 3.97. The first-order valence-electron chi connectivity index (χ1n) is 6.14. The van der Waals surface area contributed by atoms with Crippen LogP contribution >= 0.6 is 0 Å². The zero-order valence-corrected chi connectivity index (χ0v) is 11.2. The highest BCUT2D eigenvalue weighted by Crippen LogP contribution is 2.14. The monoisotopic (exact) mass is 245 g/mol. The van der Waals surface area contributed by atoms with E-state index in [0.29, 0.717) is 6.54 Å². The number of Topliss-reactive ketones (excluding diaryl/α,β-unsaturated/α-hetero) is 1. The average molecular weight is 245 g/mol. The Balaban J connectivity index is 2.01. The van der Waals surface area contributed by atoms with Gasteiger partial charge in [-0.1, -0.05) is 6.07 Å². The molecule has 0 aliphatic carbocycles. The lowest BCUT2D eigenvalue weighted by Crippen LogP contribution is -2.26. The Morgan fingerprint density at radius 2 is 2.22 bits per heavy atom. The van der Waals surface area contributed by atoms with Gasteiger partial charge in [-0.05, 0) is 38.1 Å². The second-order valence-electron chi connectivity index (χ2n) is 4.87. The molecule has 0 saturated heterocycles. The van der Waals surface area contributed by atoms with Crippen LogP contribution in [0.4, 0.5) is 0 Å². The van der Waals surface area contributed by atoms with E-state index in [9.17, 15) is 4.79 Å². The topological polar surface area (TPSA) is 38.1 Å². The molecule has 0 radical (unpaired) electrons. The van der Waals surface area contributed by atoms with Gasteiger partial charge >= 0.3 is 0 Å². The molecule has 4 heteroatoms. The molecule has 1 aromatic heterocycles. The number of imidazole rings is 1. The number of hydrogen-bond acceptors (Lipinski definition) is 3. The van der Waals surface area contributed by atoms with Gasteiger partial charge in [0, 0.05) is 13.6 Å². The van der Waals surface area contributed by atoms with Crippen molar-refractivity contribution in [2.24, 2.45) is 7.05 Å². The summed E-state index contributed by atoms with van der Waals surface area (Å²) >= 11 is 0. The zero-order valence-electron chi connectivity index (χ0n) is 11.2. The van der Waals surface area contributed by atoms with Crippen LogP contribution in [0, 0.1) is 0 Å². The van der Waals surface area contributed by atoms with Gasteiger partial charge in [0.15, 0.2) is 0 Å². The fourth-order valence-electron chi connectivity index (χ4n) is 2.12. The van der Waals surface area contributed by atoms with E-state index in [1.165, 1.54) is 5.56 Å². The van der Waals surface area contributed by atoms with E-state index >= 15 is 0 Å². The van der Waals surface area contributed by atoms with Gasteiger partial charge in [-0.3, -0.25) is 9.69 Å². The van der Waals surface area contributed by atoms with E-state index in [1.54, 1.807) is 6.92 Å². The fraction of sp³-hybridized carbons (Fsp3) is 0.429. The van der Waals surface area contributed by atoms with Crippen LogP contribution in [0.25, 0.3) is 11.0 Å². The zero-order chi connectivity index (χ0) is 13.1. The number of aromatic nitrogens is 2. The van der Waals surface area contributed by atoms with Crippen molar-refractivity contribution in [1.82, 2.24) is 14.5 Å². The molecule has 0 N–H and O–H groups in total. The number of benzene rings is 1. The number of hydrogen-bond donors (Lipinski definition) is 0. The summed E-state index contributed by atoms with van der Waals surface area (Å²) < 4.78 is 2.01. The van der Waals surface area contributed by atoms with Crippen molar-refractivity contribution in [2.45, 2.75) is 13.3 Å². The van der Waals surface area contributed by atoms with Crippen molar-refractivity contribution in [3.8, 4) is 0 Å². The lowest BCUT2D eigenvalue weighted by atomic mass is 10.1. The highest BCUT2D eigenvalue weighted by molar-refractivity contribution is 5.77. The fourth-order valence-corrected chi connectivity index (χ4v) is 2.12. The highest BCUT2D eigenvalue weighted by atomic mass is 16.1. The minimum atomic E-state index is 0.206. The molecule has 0 spiro atoms. The first-order chi connectivity index (χ1) is 8.56. The van der Waals surface area contributed by atoms with Gasteiger partial charge in [-0.2, -0.15) is 0 Å². The van der Waals surface area contributed by atoms with Gasteiger partial charge in [0.25, 0.3) is 0 Å². The standard InChI is InChI=1S/C14H19N3O/c1-11(18)9-16(2)7-6-12-4-5-14-13(8-12)15-10-17(14)3/h4-5,8,10H,6-7,9H2,1-3H3. The third kappa shape index (κ3) is 2.96. The second kappa shape index (κ2) is 5.31. The summed E-state index contributed by atoms with van der Waals surface area (Å²) in [5, 5.41) is 0. The Labute approximate surface area is 107 Å². The first-order valence-corrected chi connectivity index (χ1v) is 6.14. The normalized spacial score (nSPS) is 11.3. The van der Waals surface area contributed by atoms with Crippen LogP contribution in [0.1, 0.15) is 12.5 Å². The molecule has 2 rings (SSSR count). The third-order valence-electron chi connectivity index (χ3n) is 3.06. The van der Waals surface area contributed by atoms with Crippen LogP contribution in [0.2, 0.25) is 0 Å². The number of aryl methyl sites for hydroxylation is 1. The van der Waals surface area contributed by atoms with E-state index in [2.05, 4.69) is 23.2 Å². The van der Waals surface area contributed by atoms with Crippen molar-refractivity contribution in [2.75, 3.05) is 20.1 Å². The number of carbonyl (C=O) groups excluding carboxylic acids is 1. The molecule has 0 aliphatic heterocycles. The van der Waals surface area contributed by atoms with Crippen molar-refractivity contribution < 1.29 is 4.79 Å². The number of likely N-dealkylation sites (N-methyl/N-ethyl adjacent to an activating group) is 1. The smallest absolute Gasteiger partial charge is 0.143 e. The van der Waals surface area contributed by atoms with Crippen LogP contribution in [-0.4, -0.2) is 40.4 Å². The van der Waals surface area contributed by atoms with Gasteiger partial charge < -0.3 is 4.57 Å². The summed E-state index contributed by atoms with van der Waals surface area (Å²) in [6.07, 6.45) is 2.77. The molecule has 0 amide bonds. The predicted molar refractivity (Wildman–Crippen MR) is 72.6 cm³/mol. The van der Waals surface area contributed by atoms with Crippen LogP contribution in [-0.2, 0) is 18.3 Å². The minimum absolute atomic E-state index is 0.206. The minimum Gasteiger partial charge on any atom is -0.334 e. The molecule has 18 heavy (non-hydrogen) atoms. The quantitative estimate of drug-likeness (QED) is 0.803. The van der Waals surface area contributed by atoms with Crippen molar-refractivity contribution in [3.05, 3.63) is 30.1 Å². The summed E-state index contributed by atoms with van der Waals surface area (Å²) in [6, 6.07) is 6.35. The van der Waals surface area contributed by atoms with E-state index in [0.717, 1.165) is 24.0 Å². The van der Waals surface area contributed by atoms with Crippen LogP contribution in [0.5, 0.6) is 0 Å². The van der Waals surface area contributed by atoms with Crippen LogP contribution in [0.15, 0.2) is 24.5 Å². The van der Waals surface area contributed by atoms with E-state index in [1.807, 2.05) is 29.9 Å². The lowest BCUT2D eigenvalue weighted by molar-refractivity contribution is -0.117. The second-order valence-corrected chi connectivity index (χ2v) is 4.87. The molecule has 0 bridgehead atoms. The number of nitrogens with zero attached hydrogens (tertiary/aromatic N) is 3. The number of fused-ring (bicyclic) bond motifs is 1. The maximum atomic E-state index is 11.0. The molecule has 0 atom stereocenters. The van der Waals surface area contributed by atoms with Gasteiger partial charge in [0.2, 0.25) is 0 Å². The maximum absolute atomic E-state index is 11.0. The Hall–Kier alpha value is -1.68. The Morgan fingerprint density at radius 1 is 1.44 bits per heavy atom. The Kier molecular flexibility index (Phi) is 3.77. The molecule has 0 unspecified atom stereocenters. The Morgan fingerprint density at radius 3 is 2.94 bits per heavy atom. The molecular weight excluding hydrogens is 226 g/mol. The van der Waals surface area contributed by atoms with E-state index in [-0.39, 0.29) is 5.78 Å². The molecule has 0 saturated carbocycles.